The molecular weight excluding hydrogens is 913 g/mol. The molecule has 62 heavy (non-hydrogen) atoms. The topological polar surface area (TPSA) is 30.2 Å². The zero-order chi connectivity index (χ0) is 46.4. The molecule has 0 unspecified atom stereocenters. The van der Waals surface area contributed by atoms with Gasteiger partial charge >= 0.3 is 11.0 Å². The molecule has 0 atom stereocenters. The Bertz CT molecular complexity index is 2380. The van der Waals surface area contributed by atoms with Gasteiger partial charge in [0.25, 0.3) is 0 Å². The lowest BCUT2D eigenvalue weighted by Crippen LogP contribution is -2.81. The number of rotatable bonds is 8. The zero-order valence-corrected chi connectivity index (χ0v) is 30.6. The normalized spacial score (nSPS) is 11.5. The lowest BCUT2D eigenvalue weighted by Gasteiger charge is -2.44. The van der Waals surface area contributed by atoms with Crippen molar-refractivity contribution >= 4 is 45.3 Å². The maximum absolute atomic E-state index is 15.4. The van der Waals surface area contributed by atoms with E-state index in [9.17, 15) is 57.5 Å². The van der Waals surface area contributed by atoms with E-state index in [0.29, 0.717) is 18.2 Å². The third-order valence-corrected chi connectivity index (χ3v) is 9.92. The largest absolute Gasteiger partial charge is 0.457 e. The first-order valence-electron chi connectivity index (χ1n) is 16.4. The van der Waals surface area contributed by atoms with Crippen LogP contribution in [-0.2, 0) is 11.3 Å². The van der Waals surface area contributed by atoms with Crippen molar-refractivity contribution in [2.45, 2.75) is 13.5 Å². The second-order valence-corrected chi connectivity index (χ2v) is 13.2. The molecule has 328 valence electrons. The minimum Gasteiger partial charge on any atom is -0.457 e. The lowest BCUT2D eigenvalue weighted by molar-refractivity contribution is -0.685. The summed E-state index contributed by atoms with van der Waals surface area (Å²) < 4.78 is 301. The Labute approximate surface area is 335 Å². The number of carbonyl (C=O) groups is 1. The van der Waals surface area contributed by atoms with Crippen molar-refractivity contribution in [1.82, 2.24) is 0 Å². The van der Waals surface area contributed by atoms with Crippen molar-refractivity contribution in [3.63, 3.8) is 0 Å². The van der Waals surface area contributed by atoms with E-state index >= 15 is 35.1 Å². The summed E-state index contributed by atoms with van der Waals surface area (Å²) in [7, 11) is 0. The van der Waals surface area contributed by atoms with Gasteiger partial charge in [-0.25, -0.2) is 92.6 Å². The first-order valence-corrected chi connectivity index (χ1v) is 17.3. The van der Waals surface area contributed by atoms with Crippen LogP contribution in [0.4, 0.5) is 87.8 Å². The van der Waals surface area contributed by atoms with Crippen LogP contribution in [-0.4, -0.2) is 18.7 Å². The van der Waals surface area contributed by atoms with E-state index in [1.165, 1.54) is 16.9 Å². The maximum atomic E-state index is 15.4. The van der Waals surface area contributed by atoms with Crippen LogP contribution in [0.25, 0.3) is 0 Å². The highest BCUT2D eigenvalue weighted by molar-refractivity contribution is 7.20. The number of thiazole rings is 1. The minimum absolute atomic E-state index is 0.251. The summed E-state index contributed by atoms with van der Waals surface area (Å²) in [5, 5.41) is 2.53. The Morgan fingerprint density at radius 1 is 0.468 bits per heavy atom. The Morgan fingerprint density at radius 2 is 0.742 bits per heavy atom. The Kier molecular flexibility index (Phi) is 13.4. The molecule has 0 aliphatic rings. The predicted molar refractivity (Wildman–Crippen MR) is 175 cm³/mol. The van der Waals surface area contributed by atoms with Gasteiger partial charge in [-0.3, -0.25) is 0 Å². The van der Waals surface area contributed by atoms with E-state index < -0.39 is 144 Å². The smallest absolute Gasteiger partial charge is 0.415 e. The first-order chi connectivity index (χ1) is 29.0. The molecule has 6 rings (SSSR count). The maximum Gasteiger partial charge on any atom is 0.415 e. The molecule has 0 aliphatic carbocycles. The van der Waals surface area contributed by atoms with Gasteiger partial charge in [-0.1, -0.05) is 41.7 Å². The van der Waals surface area contributed by atoms with Gasteiger partial charge < -0.3 is 4.74 Å². The Balaban J connectivity index is 0.000000355. The average molecular weight is 927 g/mol. The van der Waals surface area contributed by atoms with E-state index in [2.05, 4.69) is 0 Å². The van der Waals surface area contributed by atoms with Crippen molar-refractivity contribution in [1.29, 1.82) is 0 Å². The Hall–Kier alpha value is -6.14. The van der Waals surface area contributed by atoms with Gasteiger partial charge in [0.05, 0.1) is 12.0 Å². The van der Waals surface area contributed by atoms with Crippen molar-refractivity contribution in [3.05, 3.63) is 169 Å². The molecule has 0 N–H and O–H groups in total. The van der Waals surface area contributed by atoms with Crippen LogP contribution in [0.15, 0.2) is 41.9 Å². The van der Waals surface area contributed by atoms with E-state index in [1.807, 2.05) is 53.4 Å². The minimum atomic E-state index is -7.22. The molecule has 1 aromatic heterocycles. The van der Waals surface area contributed by atoms with Gasteiger partial charge in [0, 0.05) is 5.56 Å². The van der Waals surface area contributed by atoms with Crippen molar-refractivity contribution in [2.75, 3.05) is 6.61 Å². The lowest BCUT2D eigenvalue weighted by atomic mass is 9.12. The quantitative estimate of drug-likeness (QED) is 0.0386. The third kappa shape index (κ3) is 7.38. The summed E-state index contributed by atoms with van der Waals surface area (Å²) in [6, 6.07) is 10.0. The summed E-state index contributed by atoms with van der Waals surface area (Å²) in [6.07, 6.45) is -5.31. The van der Waals surface area contributed by atoms with Gasteiger partial charge in [0.2, 0.25) is 0 Å². The molecule has 5 aromatic carbocycles. The van der Waals surface area contributed by atoms with Crippen molar-refractivity contribution in [2.24, 2.45) is 0 Å². The van der Waals surface area contributed by atoms with Crippen LogP contribution in [0.1, 0.15) is 22.3 Å². The fraction of sp³-hybridized carbons (Fsp3) is 0.0811. The van der Waals surface area contributed by atoms with Gasteiger partial charge in [-0.05, 0) is 6.92 Å². The van der Waals surface area contributed by atoms with Gasteiger partial charge in [-0.2, -0.15) is 4.57 Å². The summed E-state index contributed by atoms with van der Waals surface area (Å²) in [6.45, 7) is 2.91. The third-order valence-electron chi connectivity index (χ3n) is 9.03. The molecule has 0 bridgehead atoms. The van der Waals surface area contributed by atoms with Gasteiger partial charge in [-0.15, -0.1) is 21.9 Å². The highest BCUT2D eigenvalue weighted by Gasteiger charge is 2.52. The SMILES string of the molecule is CCOC(=O)c1scc[n+]1Cc1ccccc1.Fc1c(F)c(F)c([B-](c2c(F)c(F)c(F)c(F)c2F)(c2c(F)c(F)c(F)c(F)c2F)c2c(F)c(F)c(F)c(F)c2F)c(F)c1F. The monoisotopic (exact) mass is 927 g/mol. The molecule has 1 heterocycles. The van der Waals surface area contributed by atoms with Crippen LogP contribution in [0, 0.1) is 116 Å². The Morgan fingerprint density at radius 3 is 1.02 bits per heavy atom. The van der Waals surface area contributed by atoms with Gasteiger partial charge in [0.15, 0.2) is 82.5 Å². The predicted octanol–water partition coefficient (Wildman–Crippen LogP) is 8.11. The molecule has 3 nitrogen and oxygen atoms in total. The van der Waals surface area contributed by atoms with Crippen LogP contribution in [0.5, 0.6) is 0 Å². The van der Waals surface area contributed by atoms with Crippen LogP contribution < -0.4 is 26.4 Å². The highest BCUT2D eigenvalue weighted by Crippen LogP contribution is 2.30. The molecule has 0 spiro atoms. The number of halogens is 20. The molecular formula is C37H14BF20NO2S. The number of benzene rings is 5. The van der Waals surface area contributed by atoms with Gasteiger partial charge in [0.1, 0.15) is 52.7 Å². The van der Waals surface area contributed by atoms with Crippen molar-refractivity contribution < 1.29 is 102 Å². The summed E-state index contributed by atoms with van der Waals surface area (Å²) in [5.41, 5.74) is -13.2. The number of hydrogen-bond acceptors (Lipinski definition) is 3. The number of carbonyl (C=O) groups excluding carboxylic acids is 1. The van der Waals surface area contributed by atoms with E-state index in [0.717, 1.165) is 0 Å². The van der Waals surface area contributed by atoms with Crippen molar-refractivity contribution in [3.8, 4) is 0 Å². The standard InChI is InChI=1S/C24BF20.C13H14NO2S/c26-5-1(6(27)14(35)21(42)13(5)34)25(2-7(28)15(36)22(43)16(37)8(2)29,3-9(30)17(38)23(44)18(39)10(3)31)4-11(32)19(40)24(45)20(41)12(4)33;1-2-16-13(15)12-14(8-9-17-12)10-11-6-4-3-5-7-11/h;3-9H,2,10H2,1H3/q-1;+1. The second-order valence-electron chi connectivity index (χ2n) is 12.3. The molecule has 0 saturated heterocycles. The molecule has 0 aliphatic heterocycles. The highest BCUT2D eigenvalue weighted by atomic mass is 32.1. The zero-order valence-electron chi connectivity index (χ0n) is 29.8. The summed E-state index contributed by atoms with van der Waals surface area (Å²) in [4.78, 5) is 11.7. The summed E-state index contributed by atoms with van der Waals surface area (Å²) >= 11 is 1.41. The number of esters is 1. The van der Waals surface area contributed by atoms with Crippen LogP contribution >= 0.6 is 11.3 Å². The first kappa shape index (κ1) is 46.9. The fourth-order valence-electron chi connectivity index (χ4n) is 6.44. The second kappa shape index (κ2) is 17.7. The number of aromatic nitrogens is 1. The molecule has 0 fully saturated rings. The average Bonchev–Trinajstić information content (AvgIpc) is 3.72. The number of nitrogens with zero attached hydrogens (tertiary/aromatic N) is 1. The molecule has 0 radical (unpaired) electrons. The van der Waals surface area contributed by atoms with Crippen LogP contribution in [0.2, 0.25) is 0 Å². The fourth-order valence-corrected chi connectivity index (χ4v) is 7.19. The molecule has 0 amide bonds. The van der Waals surface area contributed by atoms with E-state index in [1.54, 1.807) is 0 Å². The molecule has 6 aromatic rings. The summed E-state index contributed by atoms with van der Waals surface area (Å²) in [5.74, 6) is -71.7. The molecule has 0 saturated carbocycles. The van der Waals surface area contributed by atoms with E-state index in [-0.39, 0.29) is 5.97 Å². The van der Waals surface area contributed by atoms with Crippen LogP contribution in [0.3, 0.4) is 0 Å². The molecule has 25 heteroatoms. The number of hydrogen-bond donors (Lipinski definition) is 0. The number of ether oxygens (including phenoxy) is 1. The van der Waals surface area contributed by atoms with E-state index in [4.69, 9.17) is 4.74 Å².